The molecule has 0 unspecified atom stereocenters. The maximum atomic E-state index is 7.02. The highest BCUT2D eigenvalue weighted by atomic mass is 16.3. The first-order valence-corrected chi connectivity index (χ1v) is 18.5. The van der Waals surface area contributed by atoms with Crippen LogP contribution in [0.2, 0.25) is 0 Å². The highest BCUT2D eigenvalue weighted by molar-refractivity contribution is 6.27. The fourth-order valence-electron chi connectivity index (χ4n) is 8.58. The molecule has 0 aliphatic carbocycles. The first-order valence-electron chi connectivity index (χ1n) is 18.5. The molecule has 0 amide bonds. The molecule has 0 aliphatic rings. The molecular weight excluding hydrogens is 655 g/mol. The molecule has 54 heavy (non-hydrogen) atoms. The van der Waals surface area contributed by atoms with Crippen LogP contribution in [0.3, 0.4) is 0 Å². The fourth-order valence-corrected chi connectivity index (χ4v) is 8.58. The van der Waals surface area contributed by atoms with Crippen LogP contribution in [0, 0.1) is 0 Å². The van der Waals surface area contributed by atoms with E-state index in [-0.39, 0.29) is 0 Å². The lowest BCUT2D eigenvalue weighted by molar-refractivity contribution is 0.670. The standard InChI is InChI=1S/C52H33NO/c1-4-16-34(17-5-1)37-30-38(35-18-6-2-7-19-35)32-39(31-37)49-43-23-10-11-24-44(43)50(52-51(49)45-25-13-15-27-48(45)54-52)36-28-29-42-41-22-12-14-26-46(41)53(47(42)33-36)40-20-8-3-9-21-40/h1-33H. The van der Waals surface area contributed by atoms with Gasteiger partial charge in [0.25, 0.3) is 0 Å². The van der Waals surface area contributed by atoms with Crippen molar-refractivity contribution in [2.45, 2.75) is 0 Å². The van der Waals surface area contributed by atoms with Gasteiger partial charge in [-0.2, -0.15) is 0 Å². The second-order valence-corrected chi connectivity index (χ2v) is 14.0. The lowest BCUT2D eigenvalue weighted by Gasteiger charge is -2.17. The first kappa shape index (κ1) is 30.5. The maximum absolute atomic E-state index is 7.02. The van der Waals surface area contributed by atoms with Gasteiger partial charge in [-0.1, -0.05) is 152 Å². The van der Waals surface area contributed by atoms with E-state index in [1.165, 1.54) is 55.0 Å². The van der Waals surface area contributed by atoms with Crippen LogP contribution in [0.1, 0.15) is 0 Å². The van der Waals surface area contributed by atoms with Crippen molar-refractivity contribution in [1.82, 2.24) is 4.57 Å². The number of furan rings is 1. The summed E-state index contributed by atoms with van der Waals surface area (Å²) in [6.45, 7) is 0. The van der Waals surface area contributed by atoms with Gasteiger partial charge < -0.3 is 8.98 Å². The minimum absolute atomic E-state index is 0.882. The van der Waals surface area contributed by atoms with Crippen molar-refractivity contribution >= 4 is 54.5 Å². The predicted octanol–water partition coefficient (Wildman–Crippen LogP) is 14.5. The SMILES string of the molecule is c1ccc(-c2cc(-c3ccccc3)cc(-c3c4ccccc4c(-c4ccc5c6ccccc6n(-c6ccccc6)c5c4)c4oc5ccccc5c34)c2)cc1. The molecule has 11 aromatic rings. The molecule has 0 atom stereocenters. The molecule has 2 nitrogen and oxygen atoms in total. The Morgan fingerprint density at radius 3 is 1.52 bits per heavy atom. The monoisotopic (exact) mass is 687 g/mol. The second-order valence-electron chi connectivity index (χ2n) is 14.0. The van der Waals surface area contributed by atoms with Crippen molar-refractivity contribution in [3.05, 3.63) is 200 Å². The van der Waals surface area contributed by atoms with Crippen molar-refractivity contribution < 1.29 is 4.42 Å². The van der Waals surface area contributed by atoms with Gasteiger partial charge in [0.05, 0.1) is 11.0 Å². The molecule has 252 valence electrons. The lowest BCUT2D eigenvalue weighted by Crippen LogP contribution is -1.94. The Hall–Kier alpha value is -7.16. The third-order valence-electron chi connectivity index (χ3n) is 11.0. The Labute approximate surface area is 312 Å². The Morgan fingerprint density at radius 1 is 0.315 bits per heavy atom. The summed E-state index contributed by atoms with van der Waals surface area (Å²) in [6.07, 6.45) is 0. The van der Waals surface area contributed by atoms with Crippen LogP contribution in [-0.2, 0) is 0 Å². The Kier molecular flexibility index (Phi) is 6.90. The fraction of sp³-hybridized carbons (Fsp3) is 0. The normalized spacial score (nSPS) is 11.7. The zero-order valence-electron chi connectivity index (χ0n) is 29.4. The molecule has 9 aromatic carbocycles. The third-order valence-corrected chi connectivity index (χ3v) is 11.0. The van der Waals surface area contributed by atoms with Crippen LogP contribution in [-0.4, -0.2) is 4.57 Å². The molecule has 2 heteroatoms. The second kappa shape index (κ2) is 12.2. The molecule has 0 saturated heterocycles. The van der Waals surface area contributed by atoms with Crippen molar-refractivity contribution in [2.24, 2.45) is 0 Å². The number of rotatable bonds is 5. The number of para-hydroxylation sites is 3. The molecule has 0 spiro atoms. The molecule has 0 radical (unpaired) electrons. The summed E-state index contributed by atoms with van der Waals surface area (Å²) < 4.78 is 9.41. The summed E-state index contributed by atoms with van der Waals surface area (Å²) >= 11 is 0. The van der Waals surface area contributed by atoms with Crippen LogP contribution in [0.25, 0.3) is 105 Å². The maximum Gasteiger partial charge on any atom is 0.144 e. The van der Waals surface area contributed by atoms with Crippen molar-refractivity contribution in [1.29, 1.82) is 0 Å². The van der Waals surface area contributed by atoms with E-state index in [1.807, 2.05) is 0 Å². The van der Waals surface area contributed by atoms with Gasteiger partial charge >= 0.3 is 0 Å². The Bertz CT molecular complexity index is 3130. The molecule has 0 saturated carbocycles. The highest BCUT2D eigenvalue weighted by Crippen LogP contribution is 2.49. The zero-order chi connectivity index (χ0) is 35.6. The summed E-state index contributed by atoms with van der Waals surface area (Å²) in [5.41, 5.74) is 14.6. The molecule has 2 aromatic heterocycles. The molecule has 0 N–H and O–H groups in total. The largest absolute Gasteiger partial charge is 0.455 e. The van der Waals surface area contributed by atoms with E-state index < -0.39 is 0 Å². The number of nitrogens with zero attached hydrogens (tertiary/aromatic N) is 1. The van der Waals surface area contributed by atoms with Crippen LogP contribution >= 0.6 is 0 Å². The number of hydrogen-bond acceptors (Lipinski definition) is 1. The van der Waals surface area contributed by atoms with Crippen molar-refractivity contribution in [3.63, 3.8) is 0 Å². The molecular formula is C52H33NO. The Morgan fingerprint density at radius 2 is 0.833 bits per heavy atom. The van der Waals surface area contributed by atoms with Gasteiger partial charge in [0.15, 0.2) is 0 Å². The van der Waals surface area contributed by atoms with Gasteiger partial charge in [-0.3, -0.25) is 0 Å². The predicted molar refractivity (Wildman–Crippen MR) is 227 cm³/mol. The van der Waals surface area contributed by atoms with Gasteiger partial charge in [-0.25, -0.2) is 0 Å². The molecule has 11 rings (SSSR count). The van der Waals surface area contributed by atoms with E-state index in [0.717, 1.165) is 49.7 Å². The third kappa shape index (κ3) is 4.74. The minimum Gasteiger partial charge on any atom is -0.455 e. The summed E-state index contributed by atoms with van der Waals surface area (Å²) in [4.78, 5) is 0. The number of aromatic nitrogens is 1. The summed E-state index contributed by atoms with van der Waals surface area (Å²) in [6, 6.07) is 72.1. The Balaban J connectivity index is 1.26. The van der Waals surface area contributed by atoms with Crippen LogP contribution in [0.4, 0.5) is 0 Å². The summed E-state index contributed by atoms with van der Waals surface area (Å²) in [5.74, 6) is 0. The van der Waals surface area contributed by atoms with Crippen molar-refractivity contribution in [3.8, 4) is 50.2 Å². The quantitative estimate of drug-likeness (QED) is 0.176. The molecule has 0 fully saturated rings. The number of fused-ring (bicyclic) bond motifs is 7. The average molecular weight is 688 g/mol. The van der Waals surface area contributed by atoms with Crippen LogP contribution < -0.4 is 0 Å². The van der Waals surface area contributed by atoms with E-state index in [9.17, 15) is 0 Å². The van der Waals surface area contributed by atoms with Gasteiger partial charge in [-0.05, 0) is 92.7 Å². The summed E-state index contributed by atoms with van der Waals surface area (Å²) in [7, 11) is 0. The highest BCUT2D eigenvalue weighted by Gasteiger charge is 2.24. The molecule has 0 aliphatic heterocycles. The smallest absolute Gasteiger partial charge is 0.144 e. The molecule has 0 bridgehead atoms. The first-order chi connectivity index (χ1) is 26.8. The van der Waals surface area contributed by atoms with Crippen molar-refractivity contribution in [2.75, 3.05) is 0 Å². The van der Waals surface area contributed by atoms with E-state index in [2.05, 4.69) is 205 Å². The number of benzene rings is 9. The molecule has 2 heterocycles. The van der Waals surface area contributed by atoms with Gasteiger partial charge in [0.1, 0.15) is 11.2 Å². The lowest BCUT2D eigenvalue weighted by atomic mass is 9.86. The summed E-state index contributed by atoms with van der Waals surface area (Å²) in [5, 5.41) is 7.06. The topological polar surface area (TPSA) is 18.1 Å². The number of hydrogen-bond donors (Lipinski definition) is 0. The van der Waals surface area contributed by atoms with Gasteiger partial charge in [0, 0.05) is 38.4 Å². The van der Waals surface area contributed by atoms with E-state index in [0.29, 0.717) is 0 Å². The van der Waals surface area contributed by atoms with Gasteiger partial charge in [0.2, 0.25) is 0 Å². The average Bonchev–Trinajstić information content (AvgIpc) is 3.79. The minimum atomic E-state index is 0.882. The zero-order valence-corrected chi connectivity index (χ0v) is 29.4. The van der Waals surface area contributed by atoms with Crippen LogP contribution in [0.5, 0.6) is 0 Å². The van der Waals surface area contributed by atoms with Gasteiger partial charge in [-0.15, -0.1) is 0 Å². The van der Waals surface area contributed by atoms with E-state index >= 15 is 0 Å². The van der Waals surface area contributed by atoms with E-state index in [4.69, 9.17) is 4.42 Å². The van der Waals surface area contributed by atoms with Crippen LogP contribution in [0.15, 0.2) is 205 Å². The van der Waals surface area contributed by atoms with E-state index in [1.54, 1.807) is 0 Å².